The zero-order valence-corrected chi connectivity index (χ0v) is 12.3. The van der Waals surface area contributed by atoms with E-state index in [1.54, 1.807) is 0 Å². The average molecular weight is 295 g/mol. The molecule has 7 heteroatoms. The maximum absolute atomic E-state index is 13.3. The monoisotopic (exact) mass is 295 g/mol. The maximum Gasteiger partial charge on any atom is 0.396 e. The fourth-order valence-electron chi connectivity index (χ4n) is 2.16. The van der Waals surface area contributed by atoms with Crippen molar-refractivity contribution in [3.8, 4) is 0 Å². The maximum atomic E-state index is 13.3. The number of carbonyl (C=O) groups excluding carboxylic acids is 1. The number of piperidine rings is 1. The van der Waals surface area contributed by atoms with Crippen LogP contribution in [0.4, 0.5) is 18.0 Å². The van der Waals surface area contributed by atoms with E-state index in [4.69, 9.17) is 0 Å². The molecule has 0 saturated carbocycles. The molecule has 1 aliphatic rings. The number of hydrogen-bond donors (Lipinski definition) is 3. The van der Waals surface area contributed by atoms with Crippen molar-refractivity contribution in [2.45, 2.75) is 51.7 Å². The van der Waals surface area contributed by atoms with Gasteiger partial charge in [-0.1, -0.05) is 6.92 Å². The molecule has 1 aliphatic heterocycles. The van der Waals surface area contributed by atoms with E-state index in [-0.39, 0.29) is 19.4 Å². The third-order valence-electron chi connectivity index (χ3n) is 4.09. The van der Waals surface area contributed by atoms with Gasteiger partial charge in [0, 0.05) is 12.1 Å². The summed E-state index contributed by atoms with van der Waals surface area (Å²) < 4.78 is 39.8. The van der Waals surface area contributed by atoms with Crippen molar-refractivity contribution in [1.29, 1.82) is 0 Å². The third-order valence-corrected chi connectivity index (χ3v) is 4.09. The minimum absolute atomic E-state index is 0.00600. The van der Waals surface area contributed by atoms with Crippen LogP contribution in [0.25, 0.3) is 0 Å². The molecule has 0 aliphatic carbocycles. The van der Waals surface area contributed by atoms with Gasteiger partial charge in [-0.25, -0.2) is 4.79 Å². The van der Waals surface area contributed by atoms with Crippen molar-refractivity contribution in [1.82, 2.24) is 16.0 Å². The summed E-state index contributed by atoms with van der Waals surface area (Å²) >= 11 is 0. The number of rotatable bonds is 4. The van der Waals surface area contributed by atoms with Gasteiger partial charge in [0.25, 0.3) is 0 Å². The van der Waals surface area contributed by atoms with Crippen molar-refractivity contribution in [2.75, 3.05) is 19.6 Å². The summed E-state index contributed by atoms with van der Waals surface area (Å²) in [7, 11) is 0. The van der Waals surface area contributed by atoms with Gasteiger partial charge in [-0.2, -0.15) is 13.2 Å². The van der Waals surface area contributed by atoms with Crippen LogP contribution in [-0.2, 0) is 0 Å². The Morgan fingerprint density at radius 3 is 2.25 bits per heavy atom. The number of amides is 2. The molecule has 1 fully saturated rings. The van der Waals surface area contributed by atoms with Gasteiger partial charge in [0.15, 0.2) is 0 Å². The second kappa shape index (κ2) is 6.20. The lowest BCUT2D eigenvalue weighted by atomic mass is 9.78. The van der Waals surface area contributed by atoms with E-state index in [0.717, 1.165) is 0 Å². The topological polar surface area (TPSA) is 53.2 Å². The molecule has 0 aromatic carbocycles. The molecule has 0 unspecified atom stereocenters. The Kier molecular flexibility index (Phi) is 5.29. The number of alkyl halides is 3. The van der Waals surface area contributed by atoms with E-state index < -0.39 is 23.2 Å². The summed E-state index contributed by atoms with van der Waals surface area (Å²) in [4.78, 5) is 11.7. The number of carbonyl (C=O) groups is 1. The molecular weight excluding hydrogens is 271 g/mol. The number of hydrogen-bond acceptors (Lipinski definition) is 2. The molecule has 0 aromatic rings. The van der Waals surface area contributed by atoms with Crippen LogP contribution >= 0.6 is 0 Å². The molecule has 0 aromatic heterocycles. The Labute approximate surface area is 117 Å². The zero-order chi connectivity index (χ0) is 15.4. The Morgan fingerprint density at radius 1 is 1.25 bits per heavy atom. The largest absolute Gasteiger partial charge is 0.396 e. The Hall–Kier alpha value is -0.980. The van der Waals surface area contributed by atoms with Gasteiger partial charge in [-0.05, 0) is 46.2 Å². The second-order valence-electron chi connectivity index (χ2n) is 6.07. The quantitative estimate of drug-likeness (QED) is 0.746. The standard InChI is InChI=1S/C13H24F3N3O/c1-4-11(2,3)19-10(20)18-9-12(13(14,15)16)5-7-17-8-6-12/h17H,4-9H2,1-3H3,(H2,18,19,20). The van der Waals surface area contributed by atoms with Crippen LogP contribution < -0.4 is 16.0 Å². The average Bonchev–Trinajstić information content (AvgIpc) is 2.36. The molecule has 4 nitrogen and oxygen atoms in total. The zero-order valence-electron chi connectivity index (χ0n) is 12.3. The molecule has 0 atom stereocenters. The summed E-state index contributed by atoms with van der Waals surface area (Å²) in [6.45, 7) is 5.84. The van der Waals surface area contributed by atoms with E-state index in [9.17, 15) is 18.0 Å². The normalized spacial score (nSPS) is 19.5. The van der Waals surface area contributed by atoms with Gasteiger partial charge in [-0.15, -0.1) is 0 Å². The first kappa shape index (κ1) is 17.1. The smallest absolute Gasteiger partial charge is 0.337 e. The van der Waals surface area contributed by atoms with E-state index in [0.29, 0.717) is 19.5 Å². The minimum atomic E-state index is -4.30. The Morgan fingerprint density at radius 2 is 1.80 bits per heavy atom. The second-order valence-corrected chi connectivity index (χ2v) is 6.07. The summed E-state index contributed by atoms with van der Waals surface area (Å²) in [6.07, 6.45) is -3.61. The van der Waals surface area contributed by atoms with Crippen LogP contribution in [0.2, 0.25) is 0 Å². The lowest BCUT2D eigenvalue weighted by molar-refractivity contribution is -0.229. The van der Waals surface area contributed by atoms with E-state index >= 15 is 0 Å². The first-order valence-corrected chi connectivity index (χ1v) is 6.95. The van der Waals surface area contributed by atoms with Crippen LogP contribution in [0, 0.1) is 5.41 Å². The molecule has 0 bridgehead atoms. The molecule has 2 amide bonds. The van der Waals surface area contributed by atoms with Gasteiger partial charge in [0.2, 0.25) is 0 Å². The molecule has 0 radical (unpaired) electrons. The summed E-state index contributed by atoms with van der Waals surface area (Å²) in [6, 6.07) is -0.543. The SMILES string of the molecule is CCC(C)(C)NC(=O)NCC1(C(F)(F)F)CCNCC1. The van der Waals surface area contributed by atoms with Gasteiger partial charge < -0.3 is 16.0 Å². The molecular formula is C13H24F3N3O. The molecule has 1 rings (SSSR count). The lowest BCUT2D eigenvalue weighted by Gasteiger charge is -2.39. The van der Waals surface area contributed by atoms with Crippen LogP contribution in [0.15, 0.2) is 0 Å². The number of nitrogens with one attached hydrogen (secondary N) is 3. The molecule has 1 saturated heterocycles. The predicted molar refractivity (Wildman–Crippen MR) is 71.5 cm³/mol. The van der Waals surface area contributed by atoms with Crippen molar-refractivity contribution in [3.05, 3.63) is 0 Å². The highest BCUT2D eigenvalue weighted by Gasteiger charge is 2.54. The first-order chi connectivity index (χ1) is 9.12. The first-order valence-electron chi connectivity index (χ1n) is 6.95. The van der Waals surface area contributed by atoms with Crippen LogP contribution in [0.1, 0.15) is 40.0 Å². The van der Waals surface area contributed by atoms with Crippen LogP contribution in [-0.4, -0.2) is 37.4 Å². The highest BCUT2D eigenvalue weighted by molar-refractivity contribution is 5.74. The van der Waals surface area contributed by atoms with Crippen molar-refractivity contribution < 1.29 is 18.0 Å². The summed E-state index contributed by atoms with van der Waals surface area (Å²) in [5, 5.41) is 7.99. The van der Waals surface area contributed by atoms with Crippen LogP contribution in [0.3, 0.4) is 0 Å². The summed E-state index contributed by atoms with van der Waals surface area (Å²) in [5.41, 5.74) is -2.24. The highest BCUT2D eigenvalue weighted by atomic mass is 19.4. The van der Waals surface area contributed by atoms with Crippen LogP contribution in [0.5, 0.6) is 0 Å². The van der Waals surface area contributed by atoms with Gasteiger partial charge in [-0.3, -0.25) is 0 Å². The van der Waals surface area contributed by atoms with Crippen molar-refractivity contribution in [2.24, 2.45) is 5.41 Å². The number of halogens is 3. The highest BCUT2D eigenvalue weighted by Crippen LogP contribution is 2.44. The molecule has 20 heavy (non-hydrogen) atoms. The third kappa shape index (κ3) is 4.26. The van der Waals surface area contributed by atoms with Crippen molar-refractivity contribution >= 4 is 6.03 Å². The molecule has 0 spiro atoms. The Balaban J connectivity index is 2.62. The molecule has 3 N–H and O–H groups in total. The molecule has 1 heterocycles. The van der Waals surface area contributed by atoms with Gasteiger partial charge >= 0.3 is 12.2 Å². The fraction of sp³-hybridized carbons (Fsp3) is 0.923. The Bertz CT molecular complexity index is 336. The van der Waals surface area contributed by atoms with Crippen molar-refractivity contribution in [3.63, 3.8) is 0 Å². The molecule has 118 valence electrons. The minimum Gasteiger partial charge on any atom is -0.337 e. The lowest BCUT2D eigenvalue weighted by Crippen LogP contribution is -2.56. The number of urea groups is 1. The van der Waals surface area contributed by atoms with E-state index in [1.165, 1.54) is 0 Å². The van der Waals surface area contributed by atoms with Gasteiger partial charge in [0.05, 0.1) is 5.41 Å². The predicted octanol–water partition coefficient (Wildman–Crippen LogP) is 2.41. The fourth-order valence-corrected chi connectivity index (χ4v) is 2.16. The van der Waals surface area contributed by atoms with E-state index in [1.807, 2.05) is 20.8 Å². The van der Waals surface area contributed by atoms with E-state index in [2.05, 4.69) is 16.0 Å². The van der Waals surface area contributed by atoms with Gasteiger partial charge in [0.1, 0.15) is 0 Å². The summed E-state index contributed by atoms with van der Waals surface area (Å²) in [5.74, 6) is 0.